The number of rotatable bonds is 7. The van der Waals surface area contributed by atoms with Gasteiger partial charge in [-0.15, -0.1) is 0 Å². The van der Waals surface area contributed by atoms with E-state index in [0.29, 0.717) is 12.2 Å². The fourth-order valence-electron chi connectivity index (χ4n) is 1.50. The molecule has 0 bridgehead atoms. The van der Waals surface area contributed by atoms with Crippen LogP contribution < -0.4 is 5.32 Å². The molecule has 0 radical (unpaired) electrons. The van der Waals surface area contributed by atoms with Crippen molar-refractivity contribution in [2.45, 2.75) is 12.5 Å². The van der Waals surface area contributed by atoms with Gasteiger partial charge >= 0.3 is 5.97 Å². The molecule has 0 spiro atoms. The Kier molecular flexibility index (Phi) is 7.40. The molecule has 0 aliphatic heterocycles. The lowest BCUT2D eigenvalue weighted by atomic mass is 10.2. The maximum atomic E-state index is 11.7. The Morgan fingerprint density at radius 1 is 1.50 bits per heavy atom. The molecule has 2 N–H and O–H groups in total. The van der Waals surface area contributed by atoms with Crippen molar-refractivity contribution >= 4 is 45.6 Å². The number of aliphatic carboxylic acids is 1. The van der Waals surface area contributed by atoms with Crippen molar-refractivity contribution < 1.29 is 14.7 Å². The van der Waals surface area contributed by atoms with Crippen molar-refractivity contribution in [2.24, 2.45) is 0 Å². The third-order valence-corrected chi connectivity index (χ3v) is 3.64. The number of benzene rings is 1. The predicted molar refractivity (Wildman–Crippen MR) is 85.7 cm³/mol. The summed E-state index contributed by atoms with van der Waals surface area (Å²) in [6.07, 6.45) is 5.30. The van der Waals surface area contributed by atoms with Gasteiger partial charge < -0.3 is 10.4 Å². The third-order valence-electron chi connectivity index (χ3n) is 2.50. The Bertz CT molecular complexity index is 505. The second-order valence-corrected chi connectivity index (χ2v) is 5.97. The fourth-order valence-corrected chi connectivity index (χ4v) is 2.38. The Labute approximate surface area is 130 Å². The van der Waals surface area contributed by atoms with Crippen molar-refractivity contribution in [1.82, 2.24) is 5.32 Å². The van der Waals surface area contributed by atoms with Gasteiger partial charge in [0.25, 0.3) is 0 Å². The van der Waals surface area contributed by atoms with Crippen LogP contribution in [0.2, 0.25) is 0 Å². The number of halogens is 1. The van der Waals surface area contributed by atoms with Crippen LogP contribution in [-0.2, 0) is 9.59 Å². The van der Waals surface area contributed by atoms with Gasteiger partial charge in [-0.1, -0.05) is 28.1 Å². The number of carboxylic acids is 1. The van der Waals surface area contributed by atoms with E-state index in [1.807, 2.05) is 30.5 Å². The van der Waals surface area contributed by atoms with Crippen LogP contribution in [-0.4, -0.2) is 35.0 Å². The van der Waals surface area contributed by atoms with Crippen LogP contribution in [0.3, 0.4) is 0 Å². The molecule has 0 aromatic heterocycles. The second kappa shape index (κ2) is 8.81. The first-order chi connectivity index (χ1) is 9.52. The molecule has 1 aromatic rings. The van der Waals surface area contributed by atoms with Gasteiger partial charge in [0.1, 0.15) is 6.04 Å². The predicted octanol–water partition coefficient (Wildman–Crippen LogP) is 2.78. The first-order valence-corrected chi connectivity index (χ1v) is 8.17. The topological polar surface area (TPSA) is 66.4 Å². The number of thioether (sulfide) groups is 1. The quantitative estimate of drug-likeness (QED) is 0.736. The zero-order chi connectivity index (χ0) is 15.0. The summed E-state index contributed by atoms with van der Waals surface area (Å²) in [6, 6.07) is 6.63. The molecule has 0 fully saturated rings. The highest BCUT2D eigenvalue weighted by Crippen LogP contribution is 2.12. The van der Waals surface area contributed by atoms with Gasteiger partial charge in [-0.2, -0.15) is 11.8 Å². The molecule has 0 aliphatic rings. The van der Waals surface area contributed by atoms with Gasteiger partial charge in [-0.3, -0.25) is 4.79 Å². The van der Waals surface area contributed by atoms with Crippen LogP contribution in [0.4, 0.5) is 0 Å². The van der Waals surface area contributed by atoms with Crippen LogP contribution in [0.25, 0.3) is 6.08 Å². The molecule has 0 aliphatic carbocycles. The first-order valence-electron chi connectivity index (χ1n) is 5.99. The lowest BCUT2D eigenvalue weighted by Crippen LogP contribution is -2.40. The lowest BCUT2D eigenvalue weighted by Gasteiger charge is -2.12. The minimum absolute atomic E-state index is 0.404. The monoisotopic (exact) mass is 357 g/mol. The van der Waals surface area contributed by atoms with Crippen molar-refractivity contribution in [3.05, 3.63) is 40.4 Å². The number of hydrogen-bond acceptors (Lipinski definition) is 3. The van der Waals surface area contributed by atoms with Crippen molar-refractivity contribution in [2.75, 3.05) is 12.0 Å². The van der Waals surface area contributed by atoms with Gasteiger partial charge in [-0.05, 0) is 42.2 Å². The summed E-state index contributed by atoms with van der Waals surface area (Å²) in [5, 5.41) is 11.5. The van der Waals surface area contributed by atoms with Gasteiger partial charge in [0.05, 0.1) is 0 Å². The maximum absolute atomic E-state index is 11.7. The smallest absolute Gasteiger partial charge is 0.326 e. The van der Waals surface area contributed by atoms with Crippen LogP contribution in [0.1, 0.15) is 12.0 Å². The number of hydrogen-bond donors (Lipinski definition) is 2. The van der Waals surface area contributed by atoms with Gasteiger partial charge in [0, 0.05) is 10.5 Å². The van der Waals surface area contributed by atoms with Crippen LogP contribution in [0.15, 0.2) is 34.8 Å². The van der Waals surface area contributed by atoms with E-state index in [1.54, 1.807) is 17.8 Å². The number of carbonyl (C=O) groups is 2. The highest BCUT2D eigenvalue weighted by atomic mass is 79.9. The van der Waals surface area contributed by atoms with Crippen LogP contribution >= 0.6 is 27.7 Å². The molecule has 1 amide bonds. The Morgan fingerprint density at radius 2 is 2.25 bits per heavy atom. The summed E-state index contributed by atoms with van der Waals surface area (Å²) < 4.78 is 0.920. The fraction of sp³-hybridized carbons (Fsp3) is 0.286. The van der Waals surface area contributed by atoms with E-state index in [9.17, 15) is 9.59 Å². The van der Waals surface area contributed by atoms with Gasteiger partial charge in [0.15, 0.2) is 0 Å². The maximum Gasteiger partial charge on any atom is 0.326 e. The zero-order valence-corrected chi connectivity index (χ0v) is 13.4. The molecule has 20 heavy (non-hydrogen) atoms. The van der Waals surface area contributed by atoms with Crippen molar-refractivity contribution in [3.63, 3.8) is 0 Å². The SMILES string of the molecule is CSCC[C@H](NC(=O)/C=C/c1cccc(Br)c1)C(=O)O. The molecule has 0 saturated heterocycles. The number of amides is 1. The third kappa shape index (κ3) is 6.25. The number of nitrogens with one attached hydrogen (secondary N) is 1. The van der Waals surface area contributed by atoms with Crippen LogP contribution in [0, 0.1) is 0 Å². The highest BCUT2D eigenvalue weighted by molar-refractivity contribution is 9.10. The van der Waals surface area contributed by atoms with Crippen molar-refractivity contribution in [3.8, 4) is 0 Å². The molecule has 0 heterocycles. The number of carboxylic acid groups (broad SMARTS) is 1. The van der Waals surface area contributed by atoms with Gasteiger partial charge in [-0.25, -0.2) is 4.79 Å². The standard InChI is InChI=1S/C14H16BrNO3S/c1-20-8-7-12(14(18)19)16-13(17)6-5-10-3-2-4-11(15)9-10/h2-6,9,12H,7-8H2,1H3,(H,16,17)(H,18,19)/b6-5+/t12-/m0/s1. The highest BCUT2D eigenvalue weighted by Gasteiger charge is 2.17. The zero-order valence-electron chi connectivity index (χ0n) is 11.0. The largest absolute Gasteiger partial charge is 0.480 e. The molecule has 0 saturated carbocycles. The molecule has 6 heteroatoms. The summed E-state index contributed by atoms with van der Waals surface area (Å²) in [4.78, 5) is 22.7. The van der Waals surface area contributed by atoms with E-state index < -0.39 is 17.9 Å². The molecular weight excluding hydrogens is 342 g/mol. The first kappa shape index (κ1) is 16.8. The minimum atomic E-state index is -1.01. The molecule has 108 valence electrons. The van der Waals surface area contributed by atoms with Gasteiger partial charge in [0.2, 0.25) is 5.91 Å². The molecule has 1 aromatic carbocycles. The summed E-state index contributed by atoms with van der Waals surface area (Å²) >= 11 is 4.89. The molecule has 1 atom stereocenters. The molecule has 4 nitrogen and oxygen atoms in total. The molecule has 0 unspecified atom stereocenters. The average molecular weight is 358 g/mol. The lowest BCUT2D eigenvalue weighted by molar-refractivity contribution is -0.141. The average Bonchev–Trinajstić information content (AvgIpc) is 2.41. The molecule has 1 rings (SSSR count). The van der Waals surface area contributed by atoms with Crippen LogP contribution in [0.5, 0.6) is 0 Å². The Morgan fingerprint density at radius 3 is 2.85 bits per heavy atom. The van der Waals surface area contributed by atoms with E-state index >= 15 is 0 Å². The van der Waals surface area contributed by atoms with E-state index in [0.717, 1.165) is 10.0 Å². The Hall–Kier alpha value is -1.27. The summed E-state index contributed by atoms with van der Waals surface area (Å²) in [7, 11) is 0. The normalized spacial score (nSPS) is 12.3. The summed E-state index contributed by atoms with van der Waals surface area (Å²) in [5.41, 5.74) is 0.866. The Balaban J connectivity index is 2.59. The second-order valence-electron chi connectivity index (χ2n) is 4.07. The van der Waals surface area contributed by atoms with E-state index in [2.05, 4.69) is 21.2 Å². The van der Waals surface area contributed by atoms with E-state index in [4.69, 9.17) is 5.11 Å². The summed E-state index contributed by atoms with van der Waals surface area (Å²) in [6.45, 7) is 0. The van der Waals surface area contributed by atoms with Crippen molar-refractivity contribution in [1.29, 1.82) is 0 Å². The minimum Gasteiger partial charge on any atom is -0.480 e. The number of carbonyl (C=O) groups excluding carboxylic acids is 1. The summed E-state index contributed by atoms with van der Waals surface area (Å²) in [5.74, 6) is -0.728. The van der Waals surface area contributed by atoms with E-state index in [-0.39, 0.29) is 0 Å². The molecular formula is C14H16BrNO3S. The van der Waals surface area contributed by atoms with E-state index in [1.165, 1.54) is 6.08 Å².